The molecule has 0 bridgehead atoms. The zero-order valence-electron chi connectivity index (χ0n) is 12.0. The Morgan fingerprint density at radius 3 is 2.47 bits per heavy atom. The van der Waals surface area contributed by atoms with Gasteiger partial charge in [0, 0.05) is 23.9 Å². The first-order valence-corrected chi connectivity index (χ1v) is 7.29. The van der Waals surface area contributed by atoms with Crippen molar-refractivity contribution in [3.63, 3.8) is 0 Å². The molecule has 0 spiro atoms. The quantitative estimate of drug-likeness (QED) is 0.811. The lowest BCUT2D eigenvalue weighted by Crippen LogP contribution is -2.18. The lowest BCUT2D eigenvalue weighted by atomic mass is 9.90. The smallest absolute Gasteiger partial charge is 0.190 e. The molecule has 0 unspecified atom stereocenters. The monoisotopic (exact) mass is 257 g/mol. The number of hydrogen-bond donors (Lipinski definition) is 1. The van der Waals surface area contributed by atoms with Gasteiger partial charge in [-0.2, -0.15) is 0 Å². The highest BCUT2D eigenvalue weighted by Crippen LogP contribution is 2.26. The molecule has 1 aromatic carbocycles. The molecule has 1 aliphatic rings. The second-order valence-electron chi connectivity index (χ2n) is 5.19. The first-order valence-electron chi connectivity index (χ1n) is 7.29. The van der Waals surface area contributed by atoms with Crippen LogP contribution in [-0.4, -0.2) is 12.8 Å². The van der Waals surface area contributed by atoms with Crippen molar-refractivity contribution < 1.29 is 4.79 Å². The Morgan fingerprint density at radius 1 is 1.16 bits per heavy atom. The largest absolute Gasteiger partial charge is 0.391 e. The molecule has 0 radical (unpaired) electrons. The molecule has 0 aromatic heterocycles. The highest BCUT2D eigenvalue weighted by Gasteiger charge is 2.19. The van der Waals surface area contributed by atoms with Gasteiger partial charge in [-0.15, -0.1) is 0 Å². The van der Waals surface area contributed by atoms with E-state index in [4.69, 9.17) is 0 Å². The maximum absolute atomic E-state index is 12.5. The number of carbonyl (C=O) groups excluding carboxylic acids is 1. The van der Waals surface area contributed by atoms with E-state index < -0.39 is 0 Å². The van der Waals surface area contributed by atoms with Gasteiger partial charge in [0.15, 0.2) is 5.78 Å². The van der Waals surface area contributed by atoms with Gasteiger partial charge in [-0.05, 0) is 37.7 Å². The summed E-state index contributed by atoms with van der Waals surface area (Å²) >= 11 is 0. The predicted molar refractivity (Wildman–Crippen MR) is 79.3 cm³/mol. The van der Waals surface area contributed by atoms with Crippen LogP contribution in [0, 0.1) is 0 Å². The lowest BCUT2D eigenvalue weighted by Gasteiger charge is -2.19. The Labute approximate surface area is 115 Å². The minimum Gasteiger partial charge on any atom is -0.391 e. The standard InChI is InChI=1S/C17H23NO/c1-3-6-13-9-11-14(12-10-13)17(19)15-7-4-5-8-16(15)18-2/h9-12,18H,3-8H2,1-2H3. The van der Waals surface area contributed by atoms with Gasteiger partial charge in [0.25, 0.3) is 0 Å². The van der Waals surface area contributed by atoms with Crippen molar-refractivity contribution in [2.45, 2.75) is 45.4 Å². The molecule has 1 aliphatic carbocycles. The zero-order chi connectivity index (χ0) is 13.7. The van der Waals surface area contributed by atoms with Crippen molar-refractivity contribution in [1.29, 1.82) is 0 Å². The third-order valence-electron chi connectivity index (χ3n) is 3.80. The third-order valence-corrected chi connectivity index (χ3v) is 3.80. The van der Waals surface area contributed by atoms with Crippen molar-refractivity contribution in [2.75, 3.05) is 7.05 Å². The third kappa shape index (κ3) is 3.25. The van der Waals surface area contributed by atoms with Crippen LogP contribution in [0.3, 0.4) is 0 Å². The number of allylic oxidation sites excluding steroid dienone is 2. The summed E-state index contributed by atoms with van der Waals surface area (Å²) in [4.78, 5) is 12.5. The van der Waals surface area contributed by atoms with Gasteiger partial charge < -0.3 is 5.32 Å². The number of benzene rings is 1. The average molecular weight is 257 g/mol. The van der Waals surface area contributed by atoms with Gasteiger partial charge >= 0.3 is 0 Å². The number of nitrogens with one attached hydrogen (secondary N) is 1. The molecule has 102 valence electrons. The molecule has 0 fully saturated rings. The van der Waals surface area contributed by atoms with E-state index in [1.54, 1.807) is 0 Å². The van der Waals surface area contributed by atoms with Crippen LogP contribution in [0.2, 0.25) is 0 Å². The van der Waals surface area contributed by atoms with Crippen LogP contribution in [0.5, 0.6) is 0 Å². The van der Waals surface area contributed by atoms with Crippen molar-refractivity contribution in [3.8, 4) is 0 Å². The number of carbonyl (C=O) groups is 1. The molecule has 0 aliphatic heterocycles. The molecular formula is C17H23NO. The predicted octanol–water partition coefficient (Wildman–Crippen LogP) is 3.87. The number of rotatable bonds is 5. The Hall–Kier alpha value is -1.57. The molecule has 0 atom stereocenters. The normalized spacial score (nSPS) is 15.5. The number of Topliss-reactive ketones (excluding diaryl/α,β-unsaturated/α-hetero) is 1. The molecule has 1 aromatic rings. The zero-order valence-corrected chi connectivity index (χ0v) is 12.0. The van der Waals surface area contributed by atoms with E-state index in [0.29, 0.717) is 0 Å². The fourth-order valence-electron chi connectivity index (χ4n) is 2.72. The first kappa shape index (κ1) is 13.9. The van der Waals surface area contributed by atoms with Crippen LogP contribution in [0.15, 0.2) is 35.5 Å². The summed E-state index contributed by atoms with van der Waals surface area (Å²) in [7, 11) is 1.91. The number of hydrogen-bond acceptors (Lipinski definition) is 2. The van der Waals surface area contributed by atoms with Crippen molar-refractivity contribution in [3.05, 3.63) is 46.7 Å². The molecule has 2 rings (SSSR count). The second-order valence-corrected chi connectivity index (χ2v) is 5.19. The fourth-order valence-corrected chi connectivity index (χ4v) is 2.72. The molecule has 19 heavy (non-hydrogen) atoms. The van der Waals surface area contributed by atoms with E-state index in [1.807, 2.05) is 19.2 Å². The highest BCUT2D eigenvalue weighted by atomic mass is 16.1. The second kappa shape index (κ2) is 6.55. The molecule has 2 nitrogen and oxygen atoms in total. The van der Waals surface area contributed by atoms with Gasteiger partial charge in [0.05, 0.1) is 0 Å². The molecule has 0 heterocycles. The Morgan fingerprint density at radius 2 is 1.84 bits per heavy atom. The molecule has 0 amide bonds. The topological polar surface area (TPSA) is 29.1 Å². The van der Waals surface area contributed by atoms with Crippen molar-refractivity contribution in [2.24, 2.45) is 0 Å². The maximum Gasteiger partial charge on any atom is 0.190 e. The summed E-state index contributed by atoms with van der Waals surface area (Å²) in [5, 5.41) is 3.20. The first-order chi connectivity index (χ1) is 9.26. The fraction of sp³-hybridized carbons (Fsp3) is 0.471. The van der Waals surface area contributed by atoms with Crippen LogP contribution >= 0.6 is 0 Å². The summed E-state index contributed by atoms with van der Waals surface area (Å²) in [6.45, 7) is 2.17. The summed E-state index contributed by atoms with van der Waals surface area (Å²) in [6, 6.07) is 8.11. The summed E-state index contributed by atoms with van der Waals surface area (Å²) in [5.74, 6) is 0.201. The number of ketones is 1. The molecule has 0 saturated heterocycles. The van der Waals surface area contributed by atoms with Gasteiger partial charge in [0.1, 0.15) is 0 Å². The van der Waals surface area contributed by atoms with Crippen molar-refractivity contribution in [1.82, 2.24) is 5.32 Å². The minimum absolute atomic E-state index is 0.201. The van der Waals surface area contributed by atoms with Gasteiger partial charge in [-0.25, -0.2) is 0 Å². The van der Waals surface area contributed by atoms with Crippen LogP contribution in [-0.2, 0) is 6.42 Å². The average Bonchev–Trinajstić information content (AvgIpc) is 2.47. The Balaban J connectivity index is 2.21. The SMILES string of the molecule is CCCc1ccc(C(=O)C2=C(NC)CCCC2)cc1. The van der Waals surface area contributed by atoms with E-state index >= 15 is 0 Å². The molecular weight excluding hydrogens is 234 g/mol. The molecule has 0 saturated carbocycles. The summed E-state index contributed by atoms with van der Waals surface area (Å²) < 4.78 is 0. The highest BCUT2D eigenvalue weighted by molar-refractivity contribution is 6.09. The van der Waals surface area contributed by atoms with E-state index in [2.05, 4.69) is 24.4 Å². The van der Waals surface area contributed by atoms with Gasteiger partial charge in [0.2, 0.25) is 0 Å². The summed E-state index contributed by atoms with van der Waals surface area (Å²) in [5.41, 5.74) is 4.25. The Bertz CT molecular complexity index is 471. The van der Waals surface area contributed by atoms with Crippen LogP contribution < -0.4 is 5.32 Å². The molecule has 1 N–H and O–H groups in total. The van der Waals surface area contributed by atoms with E-state index in [1.165, 1.54) is 12.0 Å². The van der Waals surface area contributed by atoms with Crippen LogP contribution in [0.25, 0.3) is 0 Å². The van der Waals surface area contributed by atoms with Crippen molar-refractivity contribution >= 4 is 5.78 Å². The molecule has 2 heteroatoms. The van der Waals surface area contributed by atoms with E-state index in [0.717, 1.165) is 48.9 Å². The van der Waals surface area contributed by atoms with E-state index in [-0.39, 0.29) is 5.78 Å². The number of aryl methyl sites for hydroxylation is 1. The van der Waals surface area contributed by atoms with Crippen LogP contribution in [0.1, 0.15) is 54.9 Å². The van der Waals surface area contributed by atoms with E-state index in [9.17, 15) is 4.79 Å². The van der Waals surface area contributed by atoms with Crippen LogP contribution in [0.4, 0.5) is 0 Å². The van der Waals surface area contributed by atoms with Gasteiger partial charge in [-0.1, -0.05) is 37.6 Å². The maximum atomic E-state index is 12.5. The Kier molecular flexibility index (Phi) is 4.78. The minimum atomic E-state index is 0.201. The van der Waals surface area contributed by atoms with Gasteiger partial charge in [-0.3, -0.25) is 4.79 Å². The lowest BCUT2D eigenvalue weighted by molar-refractivity contribution is 0.102. The summed E-state index contributed by atoms with van der Waals surface area (Å²) in [6.07, 6.45) is 6.45.